The smallest absolute Gasteiger partial charge is 0.402 e. The van der Waals surface area contributed by atoms with Crippen molar-refractivity contribution in [3.63, 3.8) is 0 Å². The Kier molecular flexibility index (Phi) is 5.06. The average Bonchev–Trinajstić information content (AvgIpc) is 3.09. The van der Waals surface area contributed by atoms with E-state index in [2.05, 4.69) is 30.3 Å². The molecule has 1 heterocycles. The molecule has 4 rings (SSSR count). The van der Waals surface area contributed by atoms with Gasteiger partial charge in [-0.2, -0.15) is 0 Å². The summed E-state index contributed by atoms with van der Waals surface area (Å²) in [6.07, 6.45) is 14.3. The standard InChI is InChI=1S/C20H29BO2/c1-4-10-16(11-5-1)19-20(17-12-6-2-7-13-17)23-21(22-19)18-14-8-3-9-15-18/h3,8-9,14-17,19-20H,1-2,4-7,10-13H2/t19-,20-/m1/s1. The van der Waals surface area contributed by atoms with Crippen LogP contribution in [0.5, 0.6) is 0 Å². The van der Waals surface area contributed by atoms with Crippen molar-refractivity contribution in [3.8, 4) is 0 Å². The van der Waals surface area contributed by atoms with Crippen LogP contribution >= 0.6 is 0 Å². The molecule has 1 aromatic rings. The van der Waals surface area contributed by atoms with Gasteiger partial charge in [-0.05, 0) is 43.0 Å². The van der Waals surface area contributed by atoms with Crippen molar-refractivity contribution in [1.29, 1.82) is 0 Å². The van der Waals surface area contributed by atoms with Gasteiger partial charge in [0, 0.05) is 0 Å². The minimum Gasteiger partial charge on any atom is -0.402 e. The summed E-state index contributed by atoms with van der Waals surface area (Å²) < 4.78 is 13.1. The molecule has 0 amide bonds. The third-order valence-corrected chi connectivity index (χ3v) is 6.19. The van der Waals surface area contributed by atoms with Crippen molar-refractivity contribution in [2.24, 2.45) is 11.8 Å². The fourth-order valence-corrected chi connectivity index (χ4v) is 4.92. The first-order valence-electron chi connectivity index (χ1n) is 9.78. The van der Waals surface area contributed by atoms with Crippen LogP contribution in [-0.2, 0) is 9.31 Å². The van der Waals surface area contributed by atoms with E-state index in [0.717, 1.165) is 0 Å². The van der Waals surface area contributed by atoms with E-state index in [9.17, 15) is 0 Å². The Hall–Kier alpha value is -0.795. The van der Waals surface area contributed by atoms with Gasteiger partial charge in [-0.15, -0.1) is 0 Å². The summed E-state index contributed by atoms with van der Waals surface area (Å²) in [7, 11) is -0.143. The molecule has 0 radical (unpaired) electrons. The van der Waals surface area contributed by atoms with Crippen LogP contribution in [0, 0.1) is 11.8 Å². The molecule has 0 spiro atoms. The Morgan fingerprint density at radius 2 is 1.13 bits per heavy atom. The predicted octanol–water partition coefficient (Wildman–Crippen LogP) is 4.33. The van der Waals surface area contributed by atoms with Crippen molar-refractivity contribution < 1.29 is 9.31 Å². The molecule has 3 heteroatoms. The molecule has 2 atom stereocenters. The third kappa shape index (κ3) is 3.51. The Labute approximate surface area is 141 Å². The molecule has 1 saturated heterocycles. The molecule has 1 aromatic carbocycles. The van der Waals surface area contributed by atoms with Crippen LogP contribution in [0.1, 0.15) is 64.2 Å². The maximum atomic E-state index is 6.53. The maximum Gasteiger partial charge on any atom is 0.494 e. The van der Waals surface area contributed by atoms with E-state index in [1.54, 1.807) is 0 Å². The van der Waals surface area contributed by atoms with Crippen molar-refractivity contribution in [3.05, 3.63) is 30.3 Å². The van der Waals surface area contributed by atoms with E-state index in [0.29, 0.717) is 24.0 Å². The normalized spacial score (nSPS) is 30.7. The van der Waals surface area contributed by atoms with Crippen molar-refractivity contribution in [1.82, 2.24) is 0 Å². The molecule has 1 aliphatic heterocycles. The first-order valence-corrected chi connectivity index (χ1v) is 9.78. The highest BCUT2D eigenvalue weighted by atomic mass is 16.7. The number of hydrogen-bond acceptors (Lipinski definition) is 2. The summed E-state index contributed by atoms with van der Waals surface area (Å²) in [4.78, 5) is 0. The summed E-state index contributed by atoms with van der Waals surface area (Å²) in [6, 6.07) is 10.5. The van der Waals surface area contributed by atoms with Crippen molar-refractivity contribution in [2.75, 3.05) is 0 Å². The molecule has 0 N–H and O–H groups in total. The summed E-state index contributed by atoms with van der Waals surface area (Å²) in [6.45, 7) is 0. The summed E-state index contributed by atoms with van der Waals surface area (Å²) in [5.74, 6) is 1.42. The number of hydrogen-bond donors (Lipinski definition) is 0. The SMILES string of the molecule is c1ccc(B2O[C@H](C3CCCCC3)[C@@H](C3CCCCC3)O2)cc1. The summed E-state index contributed by atoms with van der Waals surface area (Å²) >= 11 is 0. The highest BCUT2D eigenvalue weighted by molar-refractivity contribution is 6.61. The molecule has 3 fully saturated rings. The zero-order valence-electron chi connectivity index (χ0n) is 14.2. The third-order valence-electron chi connectivity index (χ3n) is 6.19. The van der Waals surface area contributed by atoms with Crippen molar-refractivity contribution in [2.45, 2.75) is 76.4 Å². The van der Waals surface area contributed by atoms with Crippen LogP contribution in [0.25, 0.3) is 0 Å². The Balaban J connectivity index is 1.53. The van der Waals surface area contributed by atoms with Gasteiger partial charge in [0.1, 0.15) is 0 Å². The highest BCUT2D eigenvalue weighted by Crippen LogP contribution is 2.40. The van der Waals surface area contributed by atoms with Crippen LogP contribution in [-0.4, -0.2) is 19.3 Å². The molecule has 124 valence electrons. The lowest BCUT2D eigenvalue weighted by molar-refractivity contribution is 0.0324. The van der Waals surface area contributed by atoms with Gasteiger partial charge >= 0.3 is 7.12 Å². The molecule has 2 nitrogen and oxygen atoms in total. The first-order chi connectivity index (χ1) is 11.4. The van der Waals surface area contributed by atoms with Crippen LogP contribution < -0.4 is 5.46 Å². The van der Waals surface area contributed by atoms with E-state index >= 15 is 0 Å². The molecule has 2 saturated carbocycles. The van der Waals surface area contributed by atoms with Crippen molar-refractivity contribution >= 4 is 12.6 Å². The van der Waals surface area contributed by atoms with Gasteiger partial charge < -0.3 is 9.31 Å². The monoisotopic (exact) mass is 312 g/mol. The molecule has 0 bridgehead atoms. The largest absolute Gasteiger partial charge is 0.494 e. The van der Waals surface area contributed by atoms with Crippen LogP contribution in [0.4, 0.5) is 0 Å². The summed E-state index contributed by atoms with van der Waals surface area (Å²) in [5.41, 5.74) is 1.19. The van der Waals surface area contributed by atoms with Gasteiger partial charge in [-0.3, -0.25) is 0 Å². The molecule has 23 heavy (non-hydrogen) atoms. The average molecular weight is 312 g/mol. The molecular formula is C20H29BO2. The second-order valence-electron chi connectivity index (χ2n) is 7.74. The van der Waals surface area contributed by atoms with Gasteiger partial charge in [-0.25, -0.2) is 0 Å². The fourth-order valence-electron chi connectivity index (χ4n) is 4.92. The quantitative estimate of drug-likeness (QED) is 0.774. The van der Waals surface area contributed by atoms with E-state index in [4.69, 9.17) is 9.31 Å². The number of benzene rings is 1. The number of rotatable bonds is 3. The van der Waals surface area contributed by atoms with Gasteiger partial charge in [0.25, 0.3) is 0 Å². The molecule has 2 aliphatic carbocycles. The lowest BCUT2D eigenvalue weighted by atomic mass is 9.77. The first kappa shape index (κ1) is 15.7. The molecule has 0 aromatic heterocycles. The predicted molar refractivity (Wildman–Crippen MR) is 94.7 cm³/mol. The zero-order chi connectivity index (χ0) is 15.5. The Bertz CT molecular complexity index is 454. The minimum atomic E-state index is -0.143. The fraction of sp³-hybridized carbons (Fsp3) is 0.700. The van der Waals surface area contributed by atoms with E-state index in [-0.39, 0.29) is 7.12 Å². The van der Waals surface area contributed by atoms with Crippen LogP contribution in [0.15, 0.2) is 30.3 Å². The zero-order valence-corrected chi connectivity index (χ0v) is 14.2. The minimum absolute atomic E-state index is 0.143. The highest BCUT2D eigenvalue weighted by Gasteiger charge is 2.47. The topological polar surface area (TPSA) is 18.5 Å². The lowest BCUT2D eigenvalue weighted by Crippen LogP contribution is -2.38. The second-order valence-corrected chi connectivity index (χ2v) is 7.74. The van der Waals surface area contributed by atoms with Gasteiger partial charge in [0.2, 0.25) is 0 Å². The van der Waals surface area contributed by atoms with E-state index < -0.39 is 0 Å². The maximum absolute atomic E-state index is 6.53. The Morgan fingerprint density at radius 1 is 0.652 bits per heavy atom. The van der Waals surface area contributed by atoms with Gasteiger partial charge in [0.05, 0.1) is 12.2 Å². The van der Waals surface area contributed by atoms with Crippen LogP contribution in [0.3, 0.4) is 0 Å². The second kappa shape index (κ2) is 7.40. The summed E-state index contributed by atoms with van der Waals surface area (Å²) in [5, 5.41) is 0. The molecular weight excluding hydrogens is 283 g/mol. The van der Waals surface area contributed by atoms with E-state index in [1.165, 1.54) is 69.7 Å². The Morgan fingerprint density at radius 3 is 1.61 bits per heavy atom. The van der Waals surface area contributed by atoms with E-state index in [1.807, 2.05) is 0 Å². The molecule has 0 unspecified atom stereocenters. The molecule has 3 aliphatic rings. The van der Waals surface area contributed by atoms with Gasteiger partial charge in [-0.1, -0.05) is 68.9 Å². The van der Waals surface area contributed by atoms with Crippen LogP contribution in [0.2, 0.25) is 0 Å². The lowest BCUT2D eigenvalue weighted by Gasteiger charge is -2.35. The van der Waals surface area contributed by atoms with Gasteiger partial charge in [0.15, 0.2) is 0 Å².